The van der Waals surface area contributed by atoms with Gasteiger partial charge in [0.25, 0.3) is 0 Å². The molecule has 0 amide bonds. The maximum atomic E-state index is 12.1. The van der Waals surface area contributed by atoms with E-state index in [1.165, 1.54) is 5.56 Å². The van der Waals surface area contributed by atoms with Gasteiger partial charge in [0.05, 0.1) is 0 Å². The van der Waals surface area contributed by atoms with Gasteiger partial charge in [0.1, 0.15) is 6.10 Å². The molecule has 0 radical (unpaired) electrons. The van der Waals surface area contributed by atoms with Gasteiger partial charge < -0.3 is 4.74 Å². The van der Waals surface area contributed by atoms with E-state index in [-0.39, 0.29) is 5.78 Å². The zero-order valence-corrected chi connectivity index (χ0v) is 11.2. The van der Waals surface area contributed by atoms with E-state index in [4.69, 9.17) is 4.74 Å². The quantitative estimate of drug-likeness (QED) is 0.792. The summed E-state index contributed by atoms with van der Waals surface area (Å²) in [6, 6.07) is 11.7. The van der Waals surface area contributed by atoms with Crippen molar-refractivity contribution in [3.8, 4) is 0 Å². The van der Waals surface area contributed by atoms with Crippen molar-refractivity contribution < 1.29 is 9.53 Å². The topological polar surface area (TPSA) is 26.3 Å². The number of carbonyl (C=O) groups is 1. The highest BCUT2D eigenvalue weighted by Gasteiger charge is 2.19. The van der Waals surface area contributed by atoms with Crippen LogP contribution in [0.1, 0.15) is 23.7 Å². The van der Waals surface area contributed by atoms with Crippen molar-refractivity contribution in [3.05, 3.63) is 58.3 Å². The molecule has 18 heavy (non-hydrogen) atoms. The van der Waals surface area contributed by atoms with Crippen LogP contribution >= 0.6 is 11.3 Å². The van der Waals surface area contributed by atoms with E-state index >= 15 is 0 Å². The Bertz CT molecular complexity index is 476. The van der Waals surface area contributed by atoms with Gasteiger partial charge in [0.2, 0.25) is 0 Å². The van der Waals surface area contributed by atoms with Crippen molar-refractivity contribution in [1.29, 1.82) is 0 Å². The summed E-state index contributed by atoms with van der Waals surface area (Å²) in [5.74, 6) is 0.134. The van der Waals surface area contributed by atoms with Crippen molar-refractivity contribution in [2.45, 2.75) is 18.9 Å². The SMILES string of the molecule is COC(C(=O)CCc1ccsc1)c1ccccc1. The third-order valence-corrected chi connectivity index (χ3v) is 3.60. The Hall–Kier alpha value is -1.45. The van der Waals surface area contributed by atoms with Crippen molar-refractivity contribution in [3.63, 3.8) is 0 Å². The fourth-order valence-corrected chi connectivity index (χ4v) is 2.62. The van der Waals surface area contributed by atoms with Crippen molar-refractivity contribution in [2.75, 3.05) is 7.11 Å². The fraction of sp³-hybridized carbons (Fsp3) is 0.267. The molecule has 0 aliphatic carbocycles. The molecule has 0 saturated carbocycles. The minimum absolute atomic E-state index is 0.134. The van der Waals surface area contributed by atoms with Crippen LogP contribution in [0.2, 0.25) is 0 Å². The molecule has 94 valence electrons. The minimum Gasteiger partial charge on any atom is -0.369 e. The average Bonchev–Trinajstić information content (AvgIpc) is 2.92. The highest BCUT2D eigenvalue weighted by Crippen LogP contribution is 2.20. The zero-order chi connectivity index (χ0) is 12.8. The minimum atomic E-state index is -0.440. The molecular weight excluding hydrogens is 244 g/mol. The Morgan fingerprint density at radius 2 is 2.06 bits per heavy atom. The smallest absolute Gasteiger partial charge is 0.166 e. The summed E-state index contributed by atoms with van der Waals surface area (Å²) < 4.78 is 5.32. The summed E-state index contributed by atoms with van der Waals surface area (Å²) in [6.07, 6.45) is 0.865. The largest absolute Gasteiger partial charge is 0.369 e. The number of carbonyl (C=O) groups excluding carboxylic acids is 1. The maximum Gasteiger partial charge on any atom is 0.166 e. The summed E-state index contributed by atoms with van der Waals surface area (Å²) in [7, 11) is 1.58. The third-order valence-electron chi connectivity index (χ3n) is 2.87. The molecule has 0 bridgehead atoms. The van der Waals surface area contributed by atoms with Gasteiger partial charge in [0.15, 0.2) is 5.78 Å². The van der Waals surface area contributed by atoms with Crippen molar-refractivity contribution >= 4 is 17.1 Å². The third kappa shape index (κ3) is 3.28. The molecule has 1 aromatic carbocycles. The Morgan fingerprint density at radius 1 is 1.28 bits per heavy atom. The molecule has 0 N–H and O–H groups in total. The van der Waals surface area contributed by atoms with E-state index in [1.54, 1.807) is 18.4 Å². The molecule has 0 aliphatic heterocycles. The number of rotatable bonds is 6. The van der Waals surface area contributed by atoms with E-state index < -0.39 is 6.10 Å². The number of hydrogen-bond acceptors (Lipinski definition) is 3. The molecule has 2 nitrogen and oxygen atoms in total. The standard InChI is InChI=1S/C15H16O2S/c1-17-15(13-5-3-2-4-6-13)14(16)8-7-12-9-10-18-11-12/h2-6,9-11,15H,7-8H2,1H3. The number of Topliss-reactive ketones (excluding diaryl/α,β-unsaturated/α-hetero) is 1. The van der Waals surface area contributed by atoms with Crippen LogP contribution in [0.25, 0.3) is 0 Å². The maximum absolute atomic E-state index is 12.1. The molecule has 0 saturated heterocycles. The number of hydrogen-bond donors (Lipinski definition) is 0. The lowest BCUT2D eigenvalue weighted by Gasteiger charge is -2.14. The highest BCUT2D eigenvalue weighted by molar-refractivity contribution is 7.07. The van der Waals surface area contributed by atoms with Gasteiger partial charge in [-0.05, 0) is 34.4 Å². The summed E-state index contributed by atoms with van der Waals surface area (Å²) in [6.45, 7) is 0. The monoisotopic (exact) mass is 260 g/mol. The van der Waals surface area contributed by atoms with Gasteiger partial charge in [-0.2, -0.15) is 11.3 Å². The fourth-order valence-electron chi connectivity index (χ4n) is 1.91. The van der Waals surface area contributed by atoms with Gasteiger partial charge in [-0.1, -0.05) is 30.3 Å². The lowest BCUT2D eigenvalue weighted by Crippen LogP contribution is -2.15. The zero-order valence-electron chi connectivity index (χ0n) is 10.3. The van der Waals surface area contributed by atoms with Gasteiger partial charge in [-0.15, -0.1) is 0 Å². The first-order valence-corrected chi connectivity index (χ1v) is 6.87. The van der Waals surface area contributed by atoms with Gasteiger partial charge in [-0.3, -0.25) is 4.79 Å². The van der Waals surface area contributed by atoms with Gasteiger partial charge >= 0.3 is 0 Å². The molecule has 0 fully saturated rings. The summed E-state index contributed by atoms with van der Waals surface area (Å²) in [5, 5.41) is 4.11. The van der Waals surface area contributed by atoms with Crippen LogP contribution < -0.4 is 0 Å². The van der Waals surface area contributed by atoms with Gasteiger partial charge in [-0.25, -0.2) is 0 Å². The van der Waals surface area contributed by atoms with Crippen LogP contribution in [0, 0.1) is 0 Å². The van der Waals surface area contributed by atoms with E-state index in [0.29, 0.717) is 6.42 Å². The molecule has 2 aromatic rings. The number of thiophene rings is 1. The van der Waals surface area contributed by atoms with Gasteiger partial charge in [0, 0.05) is 13.5 Å². The first kappa shape index (κ1) is 13.0. The predicted octanol–water partition coefficient (Wildman–Crippen LogP) is 3.64. The molecule has 1 atom stereocenters. The van der Waals surface area contributed by atoms with Crippen LogP contribution in [0.3, 0.4) is 0 Å². The second-order valence-corrected chi connectivity index (χ2v) is 4.90. The molecule has 1 aromatic heterocycles. The number of ketones is 1. The number of aryl methyl sites for hydroxylation is 1. The van der Waals surface area contributed by atoms with E-state index in [2.05, 4.69) is 11.4 Å². The van der Waals surface area contributed by atoms with Crippen LogP contribution in [0.4, 0.5) is 0 Å². The normalized spacial score (nSPS) is 12.3. The molecule has 1 unspecified atom stereocenters. The Balaban J connectivity index is 1.98. The summed E-state index contributed by atoms with van der Waals surface area (Å²) in [5.41, 5.74) is 2.14. The number of methoxy groups -OCH3 is 1. The Kier molecular flexibility index (Phi) is 4.67. The number of benzene rings is 1. The molecule has 0 aliphatic rings. The first-order valence-electron chi connectivity index (χ1n) is 5.93. The molecule has 1 heterocycles. The Labute approximate surface area is 111 Å². The van der Waals surface area contributed by atoms with Crippen LogP contribution in [0.15, 0.2) is 47.2 Å². The second kappa shape index (κ2) is 6.47. The molecular formula is C15H16O2S. The van der Waals surface area contributed by atoms with Crippen molar-refractivity contribution in [2.24, 2.45) is 0 Å². The lowest BCUT2D eigenvalue weighted by atomic mass is 10.0. The Morgan fingerprint density at radius 3 is 2.67 bits per heavy atom. The highest BCUT2D eigenvalue weighted by atomic mass is 32.1. The molecule has 3 heteroatoms. The van der Waals surface area contributed by atoms with E-state index in [0.717, 1.165) is 12.0 Å². The summed E-state index contributed by atoms with van der Waals surface area (Å²) >= 11 is 1.66. The van der Waals surface area contributed by atoms with E-state index in [1.807, 2.05) is 35.7 Å². The molecule has 2 rings (SSSR count). The number of ether oxygens (including phenoxy) is 1. The van der Waals surface area contributed by atoms with Crippen LogP contribution in [-0.4, -0.2) is 12.9 Å². The first-order chi connectivity index (χ1) is 8.81. The van der Waals surface area contributed by atoms with Crippen molar-refractivity contribution in [1.82, 2.24) is 0 Å². The second-order valence-electron chi connectivity index (χ2n) is 4.12. The predicted molar refractivity (Wildman–Crippen MR) is 73.8 cm³/mol. The summed E-state index contributed by atoms with van der Waals surface area (Å²) in [4.78, 5) is 12.1. The van der Waals surface area contributed by atoms with E-state index in [9.17, 15) is 4.79 Å². The average molecular weight is 260 g/mol. The van der Waals surface area contributed by atoms with Crippen LogP contribution in [-0.2, 0) is 16.0 Å². The van der Waals surface area contributed by atoms with Crippen LogP contribution in [0.5, 0.6) is 0 Å². The molecule has 0 spiro atoms. The lowest BCUT2D eigenvalue weighted by molar-refractivity contribution is -0.129.